The first-order valence-corrected chi connectivity index (χ1v) is 13.3. The molecule has 1 aromatic carbocycles. The fourth-order valence-corrected chi connectivity index (χ4v) is 8.55. The molecule has 4 aromatic rings. The molecule has 179 valence electrons. The van der Waals surface area contributed by atoms with Gasteiger partial charge in [-0.15, -0.1) is 10.2 Å². The Hall–Kier alpha value is -3.27. The summed E-state index contributed by atoms with van der Waals surface area (Å²) in [6.07, 6.45) is 9.62. The van der Waals surface area contributed by atoms with Gasteiger partial charge in [-0.1, -0.05) is 17.7 Å². The summed E-state index contributed by atoms with van der Waals surface area (Å²) in [7, 11) is -3.84. The van der Waals surface area contributed by atoms with Gasteiger partial charge < -0.3 is 5.73 Å². The molecule has 2 N–H and O–H groups in total. The summed E-state index contributed by atoms with van der Waals surface area (Å²) >= 11 is 0. The van der Waals surface area contributed by atoms with E-state index in [1.807, 2.05) is 11.3 Å². The summed E-state index contributed by atoms with van der Waals surface area (Å²) in [5.41, 5.74) is 7.48. The number of primary amides is 1. The number of aromatic nitrogens is 5. The highest BCUT2D eigenvalue weighted by Crippen LogP contribution is 2.65. The van der Waals surface area contributed by atoms with E-state index in [-0.39, 0.29) is 16.2 Å². The molecule has 3 heterocycles. The number of hydrogen-bond donors (Lipinski definition) is 1. The van der Waals surface area contributed by atoms with E-state index < -0.39 is 15.4 Å². The van der Waals surface area contributed by atoms with Crippen molar-refractivity contribution in [3.05, 3.63) is 60.5 Å². The maximum Gasteiger partial charge on any atom is 0.269 e. The summed E-state index contributed by atoms with van der Waals surface area (Å²) in [6.45, 7) is 1.91. The van der Waals surface area contributed by atoms with E-state index >= 15 is 0 Å². The number of amides is 1. The minimum Gasteiger partial charge on any atom is -0.369 e. The molecule has 2 unspecified atom stereocenters. The highest BCUT2D eigenvalue weighted by atomic mass is 32.2. The lowest BCUT2D eigenvalue weighted by Gasteiger charge is -2.60. The van der Waals surface area contributed by atoms with Gasteiger partial charge in [0.15, 0.2) is 11.3 Å². The van der Waals surface area contributed by atoms with Crippen LogP contribution in [0.1, 0.15) is 43.5 Å². The number of carbonyl (C=O) groups is 1. The molecule has 4 bridgehead atoms. The van der Waals surface area contributed by atoms with Crippen molar-refractivity contribution in [1.29, 1.82) is 0 Å². The molecule has 0 aliphatic heterocycles. The summed E-state index contributed by atoms with van der Waals surface area (Å²) in [4.78, 5) is 17.2. The van der Waals surface area contributed by atoms with Crippen LogP contribution >= 0.6 is 0 Å². The van der Waals surface area contributed by atoms with Crippen molar-refractivity contribution in [3.63, 3.8) is 0 Å². The first-order chi connectivity index (χ1) is 16.7. The van der Waals surface area contributed by atoms with Crippen LogP contribution in [0.5, 0.6) is 0 Å². The zero-order valence-corrected chi connectivity index (χ0v) is 20.1. The van der Waals surface area contributed by atoms with E-state index in [1.54, 1.807) is 36.5 Å². The van der Waals surface area contributed by atoms with Gasteiger partial charge in [-0.25, -0.2) is 17.4 Å². The van der Waals surface area contributed by atoms with Gasteiger partial charge in [0.05, 0.1) is 22.0 Å². The second-order valence-electron chi connectivity index (χ2n) is 10.7. The molecule has 8 rings (SSSR count). The van der Waals surface area contributed by atoms with Gasteiger partial charge in [0.25, 0.3) is 10.0 Å². The largest absolute Gasteiger partial charge is 0.369 e. The van der Waals surface area contributed by atoms with Crippen LogP contribution in [0.25, 0.3) is 16.8 Å². The van der Waals surface area contributed by atoms with Crippen molar-refractivity contribution in [1.82, 2.24) is 23.6 Å². The number of nitrogens with zero attached hydrogens (tertiary/aromatic N) is 5. The lowest BCUT2D eigenvalue weighted by molar-refractivity contribution is -0.137. The molecule has 4 atom stereocenters. The summed E-state index contributed by atoms with van der Waals surface area (Å²) in [6, 6.07) is 8.52. The van der Waals surface area contributed by atoms with Crippen LogP contribution in [0.15, 0.2) is 47.6 Å². The van der Waals surface area contributed by atoms with Crippen molar-refractivity contribution in [2.24, 2.45) is 23.0 Å². The third-order valence-corrected chi connectivity index (χ3v) is 10.1. The van der Waals surface area contributed by atoms with E-state index in [1.165, 1.54) is 10.2 Å². The minimum atomic E-state index is -3.84. The van der Waals surface area contributed by atoms with Crippen molar-refractivity contribution < 1.29 is 13.2 Å². The lowest BCUT2D eigenvalue weighted by atomic mass is 9.43. The minimum absolute atomic E-state index is 0.200. The zero-order chi connectivity index (χ0) is 24.2. The molecule has 0 saturated heterocycles. The summed E-state index contributed by atoms with van der Waals surface area (Å²) < 4.78 is 30.0. The predicted molar refractivity (Wildman–Crippen MR) is 128 cm³/mol. The van der Waals surface area contributed by atoms with Crippen LogP contribution in [0.4, 0.5) is 0 Å². The smallest absolute Gasteiger partial charge is 0.269 e. The molecule has 1 amide bonds. The Labute approximate surface area is 202 Å². The van der Waals surface area contributed by atoms with Crippen molar-refractivity contribution in [3.8, 4) is 0 Å². The average molecular weight is 490 g/mol. The Morgan fingerprint density at radius 2 is 1.91 bits per heavy atom. The number of nitrogens with two attached hydrogens (primary N) is 1. The quantitative estimate of drug-likeness (QED) is 0.470. The third kappa shape index (κ3) is 2.77. The number of carbonyl (C=O) groups excluding carboxylic acids is 1. The number of rotatable bonds is 4. The Morgan fingerprint density at radius 1 is 1.11 bits per heavy atom. The molecule has 4 aliphatic rings. The predicted octanol–water partition coefficient (Wildman–Crippen LogP) is 2.76. The van der Waals surface area contributed by atoms with E-state index in [0.29, 0.717) is 35.1 Å². The maximum atomic E-state index is 13.4. The van der Waals surface area contributed by atoms with Crippen LogP contribution < -0.4 is 5.73 Å². The van der Waals surface area contributed by atoms with Gasteiger partial charge in [0.1, 0.15) is 5.82 Å². The van der Waals surface area contributed by atoms with Crippen LogP contribution in [0, 0.1) is 30.6 Å². The van der Waals surface area contributed by atoms with E-state index in [4.69, 9.17) is 5.73 Å². The fourth-order valence-electron chi connectivity index (χ4n) is 7.25. The van der Waals surface area contributed by atoms with E-state index in [0.717, 1.165) is 37.1 Å². The van der Waals surface area contributed by atoms with Gasteiger partial charge >= 0.3 is 0 Å². The Morgan fingerprint density at radius 3 is 2.66 bits per heavy atom. The van der Waals surface area contributed by atoms with Gasteiger partial charge in [-0.3, -0.25) is 9.20 Å². The standard InChI is InChI=1S/C25H25N6O3S/c1-15-2-4-18(5-3-15)35(33,34)30-7-6-19-21(30)27-13-20-28-29-23(31(19)20)25-11-16-8-17(12-25)10-24(9-16,14-25)22(26)32/h2-7,9,13,16-17H,8,10-12,14H2,1H3,(H2,26,32)/t16-,17+,24?,25?/m0/s1. The number of fused-ring (bicyclic) bond motifs is 3. The van der Waals surface area contributed by atoms with Crippen molar-refractivity contribution in [2.45, 2.75) is 49.3 Å². The molecule has 1 radical (unpaired) electrons. The molecule has 9 nitrogen and oxygen atoms in total. The number of benzene rings is 1. The van der Waals surface area contributed by atoms with Gasteiger partial charge in [-0.2, -0.15) is 0 Å². The van der Waals surface area contributed by atoms with Gasteiger partial charge in [0.2, 0.25) is 5.91 Å². The summed E-state index contributed by atoms with van der Waals surface area (Å²) in [5, 5.41) is 9.01. The molecular formula is C25H25N6O3S. The van der Waals surface area contributed by atoms with Gasteiger partial charge in [-0.05, 0) is 75.5 Å². The molecule has 10 heteroatoms. The first-order valence-electron chi connectivity index (χ1n) is 11.9. The Balaban J connectivity index is 1.41. The Bertz CT molecular complexity index is 1620. The van der Waals surface area contributed by atoms with Crippen LogP contribution in [0.2, 0.25) is 0 Å². The van der Waals surface area contributed by atoms with Crippen LogP contribution in [0.3, 0.4) is 0 Å². The van der Waals surface area contributed by atoms with Crippen molar-refractivity contribution in [2.75, 3.05) is 0 Å². The molecular weight excluding hydrogens is 464 g/mol. The summed E-state index contributed by atoms with van der Waals surface area (Å²) in [5.74, 6) is 1.25. The third-order valence-electron chi connectivity index (χ3n) is 8.41. The van der Waals surface area contributed by atoms with Gasteiger partial charge in [0, 0.05) is 11.6 Å². The first kappa shape index (κ1) is 21.0. The highest BCUT2D eigenvalue weighted by molar-refractivity contribution is 7.90. The normalized spacial score (nSPS) is 29.9. The average Bonchev–Trinajstić information content (AvgIpc) is 3.43. The second kappa shape index (κ2) is 6.69. The monoisotopic (exact) mass is 489 g/mol. The molecule has 0 spiro atoms. The Kier molecular flexibility index (Phi) is 4.02. The van der Waals surface area contributed by atoms with E-state index in [9.17, 15) is 13.2 Å². The molecule has 35 heavy (non-hydrogen) atoms. The maximum absolute atomic E-state index is 13.4. The number of aryl methyl sites for hydroxylation is 1. The molecule has 3 aromatic heterocycles. The zero-order valence-electron chi connectivity index (χ0n) is 19.3. The fraction of sp³-hybridized carbons (Fsp3) is 0.400. The van der Waals surface area contributed by atoms with Crippen LogP contribution in [-0.2, 0) is 20.2 Å². The number of hydrogen-bond acceptors (Lipinski definition) is 6. The van der Waals surface area contributed by atoms with Crippen LogP contribution in [-0.4, -0.2) is 37.9 Å². The highest BCUT2D eigenvalue weighted by Gasteiger charge is 2.62. The second-order valence-corrected chi connectivity index (χ2v) is 12.5. The van der Waals surface area contributed by atoms with E-state index in [2.05, 4.69) is 21.6 Å². The molecule has 4 saturated carbocycles. The van der Waals surface area contributed by atoms with Crippen molar-refractivity contribution >= 4 is 32.7 Å². The molecule has 4 fully saturated rings. The topological polar surface area (TPSA) is 125 Å². The molecule has 4 aliphatic carbocycles. The SMILES string of the molecule is Cc1ccc(S(=O)(=O)n2ccc3c2ncc2nnc(C45C[C@@H]6[CH]C(C(N)=O)(C[C@@H](C6)C4)C5)n23)cc1. The lowest BCUT2D eigenvalue weighted by Crippen LogP contribution is -2.59.